The Morgan fingerprint density at radius 3 is 2.59 bits per heavy atom. The number of rotatable bonds is 10. The van der Waals surface area contributed by atoms with E-state index in [-0.39, 0.29) is 35.0 Å². The van der Waals surface area contributed by atoms with Crippen LogP contribution in [0.4, 0.5) is 28.8 Å². The Morgan fingerprint density at radius 2 is 1.92 bits per heavy atom. The first kappa shape index (κ1) is 26.3. The van der Waals surface area contributed by atoms with Gasteiger partial charge in [0.1, 0.15) is 16.5 Å². The van der Waals surface area contributed by atoms with E-state index in [4.69, 9.17) is 21.1 Å². The lowest BCUT2D eigenvalue weighted by Gasteiger charge is -2.30. The number of sulfonamides is 1. The Hall–Kier alpha value is -3.77. The van der Waals surface area contributed by atoms with E-state index in [1.54, 1.807) is 35.2 Å². The van der Waals surface area contributed by atoms with Crippen molar-refractivity contribution in [3.05, 3.63) is 53.2 Å². The zero-order valence-electron chi connectivity index (χ0n) is 20.5. The van der Waals surface area contributed by atoms with Crippen LogP contribution in [0, 0.1) is 6.92 Å². The summed E-state index contributed by atoms with van der Waals surface area (Å²) in [4.78, 5) is 22.6. The maximum absolute atomic E-state index is 12.1. The van der Waals surface area contributed by atoms with Crippen molar-refractivity contribution in [2.24, 2.45) is 0 Å². The lowest BCUT2D eigenvalue weighted by Crippen LogP contribution is -2.44. The largest absolute Gasteiger partial charge is 0.497 e. The molecule has 13 heteroatoms. The molecule has 0 radical (unpaired) electrons. The molecule has 2 aromatic carbocycles. The lowest BCUT2D eigenvalue weighted by molar-refractivity contribution is -0.136. The molecule has 1 saturated heterocycles. The first-order valence-corrected chi connectivity index (χ1v) is 13.6. The highest BCUT2D eigenvalue weighted by Gasteiger charge is 2.21. The van der Waals surface area contributed by atoms with Crippen molar-refractivity contribution in [2.75, 3.05) is 48.4 Å². The lowest BCUT2D eigenvalue weighted by atomic mass is 10.2. The number of carbonyl (C=O) groups is 1. The Labute approximate surface area is 220 Å². The minimum absolute atomic E-state index is 0.0263. The van der Waals surface area contributed by atoms with Crippen LogP contribution in [0.3, 0.4) is 0 Å². The smallest absolute Gasteiger partial charge is 0.260 e. The third kappa shape index (κ3) is 6.71. The second-order valence-electron chi connectivity index (χ2n) is 8.38. The number of ether oxygens (including phenoxy) is 2. The van der Waals surface area contributed by atoms with E-state index in [1.165, 1.54) is 13.3 Å². The molecule has 1 aromatic heterocycles. The second kappa shape index (κ2) is 11.1. The van der Waals surface area contributed by atoms with Gasteiger partial charge in [-0.25, -0.2) is 13.4 Å². The number of hydrogen-bond acceptors (Lipinski definition) is 9. The second-order valence-corrected chi connectivity index (χ2v) is 10.5. The molecule has 3 N–H and O–H groups in total. The first-order chi connectivity index (χ1) is 17.6. The molecule has 0 aliphatic carbocycles. The van der Waals surface area contributed by atoms with Crippen LogP contribution in [0.25, 0.3) is 0 Å². The fraction of sp³-hybridized carbons (Fsp3) is 0.292. The van der Waals surface area contributed by atoms with Crippen LogP contribution in [-0.4, -0.2) is 62.3 Å². The van der Waals surface area contributed by atoms with Gasteiger partial charge in [0.15, 0.2) is 12.4 Å². The number of aromatic nitrogens is 2. The standard InChI is InChI=1S/C24H27ClN6O5S/c1-15-18(6-4-7-21(15)36-14-22(32)31-10-5-11-31)28-24-26-13-17(25)23(29-24)27-19-9-8-16(35-2)12-20(19)30-37(3,33)34/h4,6-9,12-13,30H,5,10-11,14H2,1-3H3,(H2,26,27,28,29). The molecule has 0 spiro atoms. The SMILES string of the molecule is COc1ccc(Nc2nc(Nc3cccc(OCC(=O)N4CCC4)c3C)ncc2Cl)c(NS(C)(=O)=O)c1. The Bertz CT molecular complexity index is 1410. The summed E-state index contributed by atoms with van der Waals surface area (Å²) in [6.45, 7) is 3.38. The molecule has 3 aromatic rings. The molecule has 37 heavy (non-hydrogen) atoms. The van der Waals surface area contributed by atoms with Crippen molar-refractivity contribution in [3.63, 3.8) is 0 Å². The zero-order valence-corrected chi connectivity index (χ0v) is 22.1. The predicted octanol–water partition coefficient (Wildman–Crippen LogP) is 3.92. The van der Waals surface area contributed by atoms with E-state index < -0.39 is 10.0 Å². The Balaban J connectivity index is 1.53. The highest BCUT2D eigenvalue weighted by atomic mass is 35.5. The van der Waals surface area contributed by atoms with Gasteiger partial charge in [0, 0.05) is 30.4 Å². The van der Waals surface area contributed by atoms with Gasteiger partial charge in [0.05, 0.1) is 30.9 Å². The summed E-state index contributed by atoms with van der Waals surface area (Å²) in [5.74, 6) is 1.50. The summed E-state index contributed by atoms with van der Waals surface area (Å²) in [5, 5.41) is 6.42. The van der Waals surface area contributed by atoms with Crippen LogP contribution in [0.1, 0.15) is 12.0 Å². The number of halogens is 1. The van der Waals surface area contributed by atoms with Gasteiger partial charge in [0.2, 0.25) is 16.0 Å². The first-order valence-electron chi connectivity index (χ1n) is 11.4. The number of anilines is 5. The average molecular weight is 547 g/mol. The minimum atomic E-state index is -3.56. The van der Waals surface area contributed by atoms with E-state index in [0.29, 0.717) is 22.9 Å². The van der Waals surface area contributed by atoms with E-state index in [9.17, 15) is 13.2 Å². The number of nitrogens with zero attached hydrogens (tertiary/aromatic N) is 3. The van der Waals surface area contributed by atoms with Crippen LogP contribution in [0.5, 0.6) is 11.5 Å². The van der Waals surface area contributed by atoms with Crippen LogP contribution in [0.15, 0.2) is 42.6 Å². The number of carbonyl (C=O) groups excluding carboxylic acids is 1. The Morgan fingerprint density at radius 1 is 1.14 bits per heavy atom. The summed E-state index contributed by atoms with van der Waals surface area (Å²) < 4.78 is 37.1. The summed E-state index contributed by atoms with van der Waals surface area (Å²) in [7, 11) is -2.07. The van der Waals surface area contributed by atoms with Crippen LogP contribution >= 0.6 is 11.6 Å². The number of methoxy groups -OCH3 is 1. The fourth-order valence-corrected chi connectivity index (χ4v) is 4.22. The molecule has 1 aliphatic heterocycles. The minimum Gasteiger partial charge on any atom is -0.497 e. The molecule has 1 aliphatic rings. The maximum Gasteiger partial charge on any atom is 0.260 e. The normalized spacial score (nSPS) is 12.9. The molecule has 196 valence electrons. The number of likely N-dealkylation sites (tertiary alicyclic amines) is 1. The van der Waals surface area contributed by atoms with Crippen molar-refractivity contribution in [1.82, 2.24) is 14.9 Å². The molecular formula is C24H27ClN6O5S. The summed E-state index contributed by atoms with van der Waals surface area (Å²) >= 11 is 6.33. The monoisotopic (exact) mass is 546 g/mol. The molecule has 0 bridgehead atoms. The van der Waals surface area contributed by atoms with Crippen molar-refractivity contribution < 1.29 is 22.7 Å². The summed E-state index contributed by atoms with van der Waals surface area (Å²) in [6.07, 6.45) is 3.50. The van der Waals surface area contributed by atoms with Gasteiger partial charge in [-0.2, -0.15) is 4.98 Å². The summed E-state index contributed by atoms with van der Waals surface area (Å²) in [5.41, 5.74) is 2.14. The topological polar surface area (TPSA) is 135 Å². The van der Waals surface area contributed by atoms with E-state index in [0.717, 1.165) is 31.3 Å². The molecular weight excluding hydrogens is 520 g/mol. The highest BCUT2D eigenvalue weighted by molar-refractivity contribution is 7.92. The average Bonchev–Trinajstić information content (AvgIpc) is 2.80. The van der Waals surface area contributed by atoms with Gasteiger partial charge in [-0.05, 0) is 37.6 Å². The fourth-order valence-electron chi connectivity index (χ4n) is 3.51. The third-order valence-corrected chi connectivity index (χ3v) is 6.48. The number of nitrogens with one attached hydrogen (secondary N) is 3. The zero-order chi connectivity index (χ0) is 26.6. The van der Waals surface area contributed by atoms with Crippen molar-refractivity contribution in [2.45, 2.75) is 13.3 Å². The summed E-state index contributed by atoms with van der Waals surface area (Å²) in [6, 6.07) is 10.3. The van der Waals surface area contributed by atoms with Crippen LogP contribution in [-0.2, 0) is 14.8 Å². The molecule has 2 heterocycles. The van der Waals surface area contributed by atoms with Gasteiger partial charge in [-0.15, -0.1) is 0 Å². The van der Waals surface area contributed by atoms with Gasteiger partial charge >= 0.3 is 0 Å². The quantitative estimate of drug-likeness (QED) is 0.346. The van der Waals surface area contributed by atoms with Gasteiger partial charge < -0.3 is 25.0 Å². The van der Waals surface area contributed by atoms with Crippen molar-refractivity contribution in [1.29, 1.82) is 0 Å². The van der Waals surface area contributed by atoms with Crippen LogP contribution < -0.4 is 24.8 Å². The van der Waals surface area contributed by atoms with E-state index in [1.807, 2.05) is 13.0 Å². The van der Waals surface area contributed by atoms with Gasteiger partial charge in [0.25, 0.3) is 5.91 Å². The number of amides is 1. The van der Waals surface area contributed by atoms with E-state index in [2.05, 4.69) is 25.3 Å². The van der Waals surface area contributed by atoms with Crippen molar-refractivity contribution >= 4 is 56.4 Å². The molecule has 11 nitrogen and oxygen atoms in total. The maximum atomic E-state index is 12.1. The van der Waals surface area contributed by atoms with Crippen LogP contribution in [0.2, 0.25) is 5.02 Å². The third-order valence-electron chi connectivity index (χ3n) is 5.61. The van der Waals surface area contributed by atoms with Gasteiger partial charge in [-0.3, -0.25) is 9.52 Å². The molecule has 0 atom stereocenters. The Kier molecular flexibility index (Phi) is 7.89. The number of benzene rings is 2. The molecule has 4 rings (SSSR count). The van der Waals surface area contributed by atoms with Crippen molar-refractivity contribution in [3.8, 4) is 11.5 Å². The van der Waals surface area contributed by atoms with Gasteiger partial charge in [-0.1, -0.05) is 17.7 Å². The molecule has 0 unspecified atom stereocenters. The number of hydrogen-bond donors (Lipinski definition) is 3. The molecule has 1 amide bonds. The predicted molar refractivity (Wildman–Crippen MR) is 143 cm³/mol. The molecule has 1 fully saturated rings. The molecule has 0 saturated carbocycles. The highest BCUT2D eigenvalue weighted by Crippen LogP contribution is 2.33. The van der Waals surface area contributed by atoms with E-state index >= 15 is 0 Å².